The van der Waals surface area contributed by atoms with Crippen LogP contribution in [0.5, 0.6) is 0 Å². The monoisotopic (exact) mass is 351 g/mol. The Hall–Kier alpha value is -2.24. The van der Waals surface area contributed by atoms with E-state index in [0.29, 0.717) is 0 Å². The molecule has 3 heterocycles. The van der Waals surface area contributed by atoms with Gasteiger partial charge in [-0.2, -0.15) is 15.0 Å². The van der Waals surface area contributed by atoms with Crippen LogP contribution in [-0.2, 0) is 7.05 Å². The van der Waals surface area contributed by atoms with Gasteiger partial charge in [-0.25, -0.2) is 0 Å². The maximum Gasteiger partial charge on any atom is 0.122 e. The Morgan fingerprint density at radius 1 is 0.875 bits per heavy atom. The molecule has 120 valence electrons. The molecule has 3 nitrogen and oxygen atoms in total. The molecule has 0 aliphatic heterocycles. The lowest BCUT2D eigenvalue weighted by molar-refractivity contribution is 0.665. The molecule has 0 N–H and O–H groups in total. The van der Waals surface area contributed by atoms with E-state index < -0.39 is 0 Å². The van der Waals surface area contributed by atoms with Crippen molar-refractivity contribution >= 4 is 39.8 Å². The average Bonchev–Trinajstić information content (AvgIpc) is 3.26. The number of rotatable bonds is 3. The van der Waals surface area contributed by atoms with Crippen molar-refractivity contribution in [2.45, 2.75) is 13.8 Å². The van der Waals surface area contributed by atoms with Crippen molar-refractivity contribution in [3.63, 3.8) is 0 Å². The van der Waals surface area contributed by atoms with Crippen LogP contribution in [0.25, 0.3) is 38.0 Å². The summed E-state index contributed by atoms with van der Waals surface area (Å²) in [7, 11) is 1.88. The second kappa shape index (κ2) is 6.00. The number of hydrogen-bond acceptors (Lipinski definition) is 4. The standard InChI is InChI=1S/C19H17N3S2/c1-4-5-13-7-11-17(24-13)15-9-8-14(16-10-6-12(2)23-16)18-19(15)21-22(3)20-18/h4-11H,1-3H3/b5-4+. The molecule has 0 bridgehead atoms. The van der Waals surface area contributed by atoms with Gasteiger partial charge in [0.15, 0.2) is 0 Å². The van der Waals surface area contributed by atoms with Crippen molar-refractivity contribution in [1.82, 2.24) is 15.0 Å². The van der Waals surface area contributed by atoms with Gasteiger partial charge in [0.05, 0.1) is 0 Å². The molecule has 0 atom stereocenters. The van der Waals surface area contributed by atoms with Gasteiger partial charge in [0.25, 0.3) is 0 Å². The predicted molar refractivity (Wildman–Crippen MR) is 105 cm³/mol. The highest BCUT2D eigenvalue weighted by molar-refractivity contribution is 7.16. The number of aryl methyl sites for hydroxylation is 2. The normalized spacial score (nSPS) is 11.8. The Bertz CT molecular complexity index is 1050. The summed E-state index contributed by atoms with van der Waals surface area (Å²) < 4.78 is 0. The van der Waals surface area contributed by atoms with Crippen molar-refractivity contribution in [1.29, 1.82) is 0 Å². The zero-order valence-corrected chi connectivity index (χ0v) is 15.4. The SMILES string of the molecule is C/C=C/c1ccc(-c2ccc(-c3ccc(C)s3)c3nn(C)nc23)s1. The van der Waals surface area contributed by atoms with Crippen molar-refractivity contribution in [3.05, 3.63) is 52.2 Å². The zero-order valence-electron chi connectivity index (χ0n) is 13.8. The molecule has 0 radical (unpaired) electrons. The molecule has 0 amide bonds. The summed E-state index contributed by atoms with van der Waals surface area (Å²) >= 11 is 3.57. The van der Waals surface area contributed by atoms with Gasteiger partial charge in [0.2, 0.25) is 0 Å². The fourth-order valence-electron chi connectivity index (χ4n) is 2.82. The molecule has 5 heteroatoms. The van der Waals surface area contributed by atoms with Crippen LogP contribution in [0.1, 0.15) is 16.7 Å². The summed E-state index contributed by atoms with van der Waals surface area (Å²) in [5.74, 6) is 0. The second-order valence-electron chi connectivity index (χ2n) is 5.66. The Balaban J connectivity index is 1.92. The largest absolute Gasteiger partial charge is 0.187 e. The summed E-state index contributed by atoms with van der Waals surface area (Å²) in [5.41, 5.74) is 4.24. The lowest BCUT2D eigenvalue weighted by atomic mass is 10.1. The first-order valence-electron chi connectivity index (χ1n) is 7.79. The Morgan fingerprint density at radius 2 is 1.50 bits per heavy atom. The second-order valence-corrected chi connectivity index (χ2v) is 8.06. The summed E-state index contributed by atoms with van der Waals surface area (Å²) in [4.78, 5) is 6.69. The Morgan fingerprint density at radius 3 is 2.08 bits per heavy atom. The maximum atomic E-state index is 4.64. The van der Waals surface area contributed by atoms with Gasteiger partial charge >= 0.3 is 0 Å². The van der Waals surface area contributed by atoms with E-state index >= 15 is 0 Å². The van der Waals surface area contributed by atoms with E-state index in [1.54, 1.807) is 27.5 Å². The van der Waals surface area contributed by atoms with Gasteiger partial charge in [-0.1, -0.05) is 18.2 Å². The lowest BCUT2D eigenvalue weighted by Crippen LogP contribution is -1.90. The molecule has 4 aromatic rings. The van der Waals surface area contributed by atoms with E-state index in [9.17, 15) is 0 Å². The summed E-state index contributed by atoms with van der Waals surface area (Å²) in [5, 5.41) is 9.27. The number of aromatic nitrogens is 3. The van der Waals surface area contributed by atoms with E-state index in [2.05, 4.69) is 65.7 Å². The van der Waals surface area contributed by atoms with Crippen LogP contribution < -0.4 is 0 Å². The van der Waals surface area contributed by atoms with Crippen molar-refractivity contribution < 1.29 is 0 Å². The van der Waals surface area contributed by atoms with Crippen LogP contribution in [0, 0.1) is 6.92 Å². The number of allylic oxidation sites excluding steroid dienone is 1. The average molecular weight is 352 g/mol. The van der Waals surface area contributed by atoms with Gasteiger partial charge in [-0.15, -0.1) is 22.7 Å². The number of nitrogens with zero attached hydrogens (tertiary/aromatic N) is 3. The third-order valence-electron chi connectivity index (χ3n) is 3.87. The molecule has 0 unspecified atom stereocenters. The molecule has 0 fully saturated rings. The van der Waals surface area contributed by atoms with Crippen LogP contribution in [0.4, 0.5) is 0 Å². The van der Waals surface area contributed by atoms with Gasteiger partial charge in [-0.3, -0.25) is 0 Å². The molecular formula is C19H17N3S2. The minimum absolute atomic E-state index is 0.968. The third-order valence-corrected chi connectivity index (χ3v) is 5.99. The van der Waals surface area contributed by atoms with E-state index in [1.807, 2.05) is 14.0 Å². The lowest BCUT2D eigenvalue weighted by Gasteiger charge is -2.03. The third kappa shape index (κ3) is 2.60. The number of fused-ring (bicyclic) bond motifs is 1. The molecule has 24 heavy (non-hydrogen) atoms. The molecule has 0 spiro atoms. The Kier molecular flexibility index (Phi) is 3.82. The quantitative estimate of drug-likeness (QED) is 0.469. The number of thiophene rings is 2. The highest BCUT2D eigenvalue weighted by atomic mass is 32.1. The molecular weight excluding hydrogens is 334 g/mol. The van der Waals surface area contributed by atoms with Crippen LogP contribution in [0.15, 0.2) is 42.5 Å². The first-order chi connectivity index (χ1) is 11.7. The van der Waals surface area contributed by atoms with Crippen LogP contribution in [0.3, 0.4) is 0 Å². The van der Waals surface area contributed by atoms with Gasteiger partial charge in [0, 0.05) is 37.7 Å². The fourth-order valence-corrected chi connectivity index (χ4v) is 4.72. The summed E-state index contributed by atoms with van der Waals surface area (Å²) in [6, 6.07) is 13.0. The minimum Gasteiger partial charge on any atom is -0.187 e. The smallest absolute Gasteiger partial charge is 0.122 e. The molecule has 0 aliphatic rings. The summed E-state index contributed by atoms with van der Waals surface area (Å²) in [6.45, 7) is 4.17. The maximum absolute atomic E-state index is 4.64. The fraction of sp³-hybridized carbons (Fsp3) is 0.158. The highest BCUT2D eigenvalue weighted by Gasteiger charge is 2.16. The number of benzene rings is 1. The predicted octanol–water partition coefficient (Wildman–Crippen LogP) is 5.77. The van der Waals surface area contributed by atoms with Crippen molar-refractivity contribution in [3.8, 4) is 20.9 Å². The minimum atomic E-state index is 0.968. The van der Waals surface area contributed by atoms with Crippen LogP contribution >= 0.6 is 22.7 Å². The zero-order chi connectivity index (χ0) is 16.7. The molecule has 3 aromatic heterocycles. The van der Waals surface area contributed by atoms with Gasteiger partial charge < -0.3 is 0 Å². The Labute approximate surface area is 148 Å². The first-order valence-corrected chi connectivity index (χ1v) is 9.43. The van der Waals surface area contributed by atoms with Crippen molar-refractivity contribution in [2.75, 3.05) is 0 Å². The molecule has 4 rings (SSSR count). The summed E-state index contributed by atoms with van der Waals surface area (Å²) in [6.07, 6.45) is 4.20. The van der Waals surface area contributed by atoms with E-state index in [-0.39, 0.29) is 0 Å². The molecule has 1 aromatic carbocycles. The highest BCUT2D eigenvalue weighted by Crippen LogP contribution is 2.38. The first kappa shape index (κ1) is 15.3. The van der Waals surface area contributed by atoms with Gasteiger partial charge in [0.1, 0.15) is 11.0 Å². The van der Waals surface area contributed by atoms with E-state index in [4.69, 9.17) is 0 Å². The van der Waals surface area contributed by atoms with E-state index in [1.165, 1.54) is 19.5 Å². The molecule has 0 saturated heterocycles. The topological polar surface area (TPSA) is 30.7 Å². The molecule has 0 aliphatic carbocycles. The van der Waals surface area contributed by atoms with Crippen LogP contribution in [-0.4, -0.2) is 15.0 Å². The van der Waals surface area contributed by atoms with Crippen molar-refractivity contribution in [2.24, 2.45) is 7.05 Å². The van der Waals surface area contributed by atoms with E-state index in [0.717, 1.165) is 22.2 Å². The molecule has 0 saturated carbocycles. The van der Waals surface area contributed by atoms with Crippen LogP contribution in [0.2, 0.25) is 0 Å². The van der Waals surface area contributed by atoms with Gasteiger partial charge in [-0.05, 0) is 44.2 Å². The number of hydrogen-bond donors (Lipinski definition) is 0.